The van der Waals surface area contributed by atoms with Crippen molar-refractivity contribution in [3.8, 4) is 0 Å². The van der Waals surface area contributed by atoms with E-state index in [1.165, 1.54) is 0 Å². The molecule has 2 nitrogen and oxygen atoms in total. The maximum absolute atomic E-state index is 13.1. The number of hydrogen-bond donors (Lipinski definition) is 0. The Hall–Kier alpha value is -0.570. The highest BCUT2D eigenvalue weighted by atomic mass is 19.4. The summed E-state index contributed by atoms with van der Waals surface area (Å²) < 4.78 is 98.8. The van der Waals surface area contributed by atoms with E-state index < -0.39 is 24.4 Å². The Balaban J connectivity index is 1.88. The van der Waals surface area contributed by atoms with Gasteiger partial charge in [0.25, 0.3) is 0 Å². The summed E-state index contributed by atoms with van der Waals surface area (Å²) in [4.78, 5) is 0. The van der Waals surface area contributed by atoms with Crippen LogP contribution >= 0.6 is 0 Å². The molecule has 29 heavy (non-hydrogen) atoms. The lowest BCUT2D eigenvalue weighted by molar-refractivity contribution is -0.355. The quantitative estimate of drug-likeness (QED) is 0.186. The van der Waals surface area contributed by atoms with Crippen molar-refractivity contribution in [2.24, 2.45) is 0 Å². The molecule has 1 heterocycles. The van der Waals surface area contributed by atoms with E-state index in [0.717, 1.165) is 77.6 Å². The molecule has 1 atom stereocenters. The molecule has 1 aliphatic rings. The summed E-state index contributed by atoms with van der Waals surface area (Å²) >= 11 is 0. The van der Waals surface area contributed by atoms with E-state index in [1.807, 2.05) is 0 Å². The van der Waals surface area contributed by atoms with Gasteiger partial charge in [-0.2, -0.15) is 30.7 Å². The molecular weight excluding hydrogens is 405 g/mol. The minimum absolute atomic E-state index is 0.224. The molecular formula is C20H33F7O2. The lowest BCUT2D eigenvalue weighted by Gasteiger charge is -2.28. The number of unbranched alkanes of at least 4 members (excludes halogenated alkanes) is 8. The Bertz CT molecular complexity index is 422. The van der Waals surface area contributed by atoms with Gasteiger partial charge in [0.15, 0.2) is 0 Å². The summed E-state index contributed by atoms with van der Waals surface area (Å²) in [5.41, 5.74) is 0. The predicted octanol–water partition coefficient (Wildman–Crippen LogP) is 7.31. The molecule has 0 amide bonds. The number of halogens is 7. The third-order valence-corrected chi connectivity index (χ3v) is 5.20. The van der Waals surface area contributed by atoms with Crippen molar-refractivity contribution >= 4 is 0 Å². The summed E-state index contributed by atoms with van der Waals surface area (Å²) in [5.74, 6) is -11.0. The summed E-state index contributed by atoms with van der Waals surface area (Å²) in [6.07, 6.45) is 1.99. The zero-order valence-corrected chi connectivity index (χ0v) is 16.9. The van der Waals surface area contributed by atoms with Crippen LogP contribution in [0, 0.1) is 0 Å². The Kier molecular flexibility index (Phi) is 11.8. The molecule has 0 aromatic heterocycles. The molecule has 0 bridgehead atoms. The second-order valence-corrected chi connectivity index (χ2v) is 7.74. The van der Waals surface area contributed by atoms with Crippen LogP contribution in [0.15, 0.2) is 0 Å². The Morgan fingerprint density at radius 1 is 0.724 bits per heavy atom. The van der Waals surface area contributed by atoms with Crippen LogP contribution in [-0.2, 0) is 9.47 Å². The van der Waals surface area contributed by atoms with Crippen molar-refractivity contribution in [2.45, 2.75) is 108 Å². The lowest BCUT2D eigenvalue weighted by atomic mass is 10.0. The Morgan fingerprint density at radius 2 is 1.28 bits per heavy atom. The van der Waals surface area contributed by atoms with Gasteiger partial charge in [-0.3, -0.25) is 0 Å². The SMILES string of the molecule is FC(F)(F)C(F)(F)C(F)(F)CCCCCCCCCCCOCCC1CCCO1. The van der Waals surface area contributed by atoms with Crippen molar-refractivity contribution in [2.75, 3.05) is 19.8 Å². The molecule has 0 aromatic rings. The van der Waals surface area contributed by atoms with Crippen molar-refractivity contribution in [1.29, 1.82) is 0 Å². The van der Waals surface area contributed by atoms with Crippen LogP contribution in [0.1, 0.15) is 83.5 Å². The highest BCUT2D eigenvalue weighted by Crippen LogP contribution is 2.48. The molecule has 0 aliphatic carbocycles. The van der Waals surface area contributed by atoms with Crippen LogP contribution in [-0.4, -0.2) is 43.9 Å². The van der Waals surface area contributed by atoms with E-state index >= 15 is 0 Å². The molecule has 174 valence electrons. The smallest absolute Gasteiger partial charge is 0.381 e. The highest BCUT2D eigenvalue weighted by molar-refractivity contribution is 4.90. The Labute approximate surface area is 168 Å². The zero-order valence-electron chi connectivity index (χ0n) is 16.9. The third-order valence-electron chi connectivity index (χ3n) is 5.20. The van der Waals surface area contributed by atoms with E-state index in [2.05, 4.69) is 0 Å². The molecule has 1 rings (SSSR count). The number of hydrogen-bond acceptors (Lipinski definition) is 2. The van der Waals surface area contributed by atoms with Gasteiger partial charge in [-0.15, -0.1) is 0 Å². The fourth-order valence-corrected chi connectivity index (χ4v) is 3.34. The van der Waals surface area contributed by atoms with E-state index in [4.69, 9.17) is 9.47 Å². The molecule has 0 saturated carbocycles. The van der Waals surface area contributed by atoms with Gasteiger partial charge in [0.2, 0.25) is 0 Å². The number of ether oxygens (including phenoxy) is 2. The van der Waals surface area contributed by atoms with E-state index in [1.54, 1.807) is 0 Å². The molecule has 0 radical (unpaired) electrons. The van der Waals surface area contributed by atoms with Crippen LogP contribution in [0.3, 0.4) is 0 Å². The van der Waals surface area contributed by atoms with Crippen molar-refractivity contribution in [3.05, 3.63) is 0 Å². The zero-order chi connectivity index (χ0) is 21.8. The third kappa shape index (κ3) is 9.85. The molecule has 1 saturated heterocycles. The van der Waals surface area contributed by atoms with Gasteiger partial charge in [0.1, 0.15) is 0 Å². The predicted molar refractivity (Wildman–Crippen MR) is 96.5 cm³/mol. The van der Waals surface area contributed by atoms with E-state index in [0.29, 0.717) is 12.5 Å². The fraction of sp³-hybridized carbons (Fsp3) is 1.00. The topological polar surface area (TPSA) is 18.5 Å². The van der Waals surface area contributed by atoms with Gasteiger partial charge in [-0.1, -0.05) is 44.9 Å². The van der Waals surface area contributed by atoms with Gasteiger partial charge < -0.3 is 9.47 Å². The maximum Gasteiger partial charge on any atom is 0.459 e. The second kappa shape index (κ2) is 13.0. The fourth-order valence-electron chi connectivity index (χ4n) is 3.34. The molecule has 9 heteroatoms. The van der Waals surface area contributed by atoms with Crippen molar-refractivity contribution in [3.63, 3.8) is 0 Å². The average Bonchev–Trinajstić information content (AvgIpc) is 3.14. The van der Waals surface area contributed by atoms with Crippen LogP contribution in [0.2, 0.25) is 0 Å². The number of alkyl halides is 7. The van der Waals surface area contributed by atoms with Gasteiger partial charge >= 0.3 is 18.0 Å². The summed E-state index contributed by atoms with van der Waals surface area (Å²) in [5, 5.41) is 0. The van der Waals surface area contributed by atoms with Crippen molar-refractivity contribution in [1.82, 2.24) is 0 Å². The normalized spacial score (nSPS) is 18.5. The molecule has 0 spiro atoms. The van der Waals surface area contributed by atoms with Crippen LogP contribution in [0.5, 0.6) is 0 Å². The molecule has 0 aromatic carbocycles. The lowest BCUT2D eigenvalue weighted by Crippen LogP contribution is -2.51. The van der Waals surface area contributed by atoms with Crippen LogP contribution < -0.4 is 0 Å². The van der Waals surface area contributed by atoms with E-state index in [-0.39, 0.29) is 12.8 Å². The summed E-state index contributed by atoms with van der Waals surface area (Å²) in [6.45, 7) is 2.30. The largest absolute Gasteiger partial charge is 0.459 e. The maximum atomic E-state index is 13.1. The minimum Gasteiger partial charge on any atom is -0.381 e. The number of rotatable bonds is 16. The van der Waals surface area contributed by atoms with Gasteiger partial charge in [-0.25, -0.2) is 0 Å². The van der Waals surface area contributed by atoms with Crippen LogP contribution in [0.4, 0.5) is 30.7 Å². The van der Waals surface area contributed by atoms with Gasteiger partial charge in [0.05, 0.1) is 6.10 Å². The minimum atomic E-state index is -6.23. The first-order chi connectivity index (χ1) is 13.6. The molecule has 1 fully saturated rings. The highest BCUT2D eigenvalue weighted by Gasteiger charge is 2.72. The molecule has 1 unspecified atom stereocenters. The second-order valence-electron chi connectivity index (χ2n) is 7.74. The first kappa shape index (κ1) is 26.5. The van der Waals surface area contributed by atoms with Crippen molar-refractivity contribution < 1.29 is 40.2 Å². The standard InChI is InChI=1S/C20H33F7O2/c21-18(22,19(23,24)20(25,26)27)13-8-6-4-2-1-3-5-7-9-14-28-16-12-17-11-10-15-29-17/h17H,1-16H2. The van der Waals surface area contributed by atoms with E-state index in [9.17, 15) is 30.7 Å². The first-order valence-corrected chi connectivity index (χ1v) is 10.6. The average molecular weight is 438 g/mol. The van der Waals surface area contributed by atoms with Gasteiger partial charge in [-0.05, 0) is 32.1 Å². The monoisotopic (exact) mass is 438 g/mol. The Morgan fingerprint density at radius 3 is 1.79 bits per heavy atom. The van der Waals surface area contributed by atoms with Gasteiger partial charge in [0, 0.05) is 26.2 Å². The summed E-state index contributed by atoms with van der Waals surface area (Å²) in [7, 11) is 0. The summed E-state index contributed by atoms with van der Waals surface area (Å²) in [6, 6.07) is 0. The molecule has 1 aliphatic heterocycles. The van der Waals surface area contributed by atoms with Crippen LogP contribution in [0.25, 0.3) is 0 Å². The molecule has 0 N–H and O–H groups in total. The first-order valence-electron chi connectivity index (χ1n) is 10.6.